The van der Waals surface area contributed by atoms with E-state index < -0.39 is 0 Å². The average molecular weight is 274 g/mol. The number of anilines is 3. The molecule has 0 saturated heterocycles. The molecule has 0 unspecified atom stereocenters. The van der Waals surface area contributed by atoms with Crippen molar-refractivity contribution in [1.29, 1.82) is 0 Å². The van der Waals surface area contributed by atoms with E-state index in [1.807, 2.05) is 26.8 Å². The van der Waals surface area contributed by atoms with E-state index in [-0.39, 0.29) is 11.9 Å². The zero-order chi connectivity index (χ0) is 14.7. The van der Waals surface area contributed by atoms with Crippen LogP contribution in [0, 0.1) is 12.7 Å². The SMILES string of the molecule is Cc1ccc(Nc2ccc(N)c(OC(C)C)c2)c(F)c1. The van der Waals surface area contributed by atoms with E-state index in [4.69, 9.17) is 10.5 Å². The van der Waals surface area contributed by atoms with Crippen molar-refractivity contribution >= 4 is 17.1 Å². The Bertz CT molecular complexity index is 611. The summed E-state index contributed by atoms with van der Waals surface area (Å²) in [5, 5.41) is 3.03. The van der Waals surface area contributed by atoms with Gasteiger partial charge in [0.2, 0.25) is 0 Å². The summed E-state index contributed by atoms with van der Waals surface area (Å²) in [6, 6.07) is 10.4. The monoisotopic (exact) mass is 274 g/mol. The molecule has 3 N–H and O–H groups in total. The summed E-state index contributed by atoms with van der Waals surface area (Å²) in [4.78, 5) is 0. The van der Waals surface area contributed by atoms with Crippen molar-refractivity contribution in [3.8, 4) is 5.75 Å². The van der Waals surface area contributed by atoms with Crippen molar-refractivity contribution in [3.63, 3.8) is 0 Å². The first-order chi connectivity index (χ1) is 9.45. The highest BCUT2D eigenvalue weighted by atomic mass is 19.1. The molecule has 0 heterocycles. The van der Waals surface area contributed by atoms with Crippen LogP contribution in [0.3, 0.4) is 0 Å². The van der Waals surface area contributed by atoms with Crippen LogP contribution in [0.4, 0.5) is 21.5 Å². The predicted octanol–water partition coefficient (Wildman–Crippen LogP) is 4.25. The van der Waals surface area contributed by atoms with Crippen molar-refractivity contribution in [2.45, 2.75) is 26.9 Å². The minimum absolute atomic E-state index is 0.0312. The van der Waals surface area contributed by atoms with Gasteiger partial charge < -0.3 is 15.8 Å². The van der Waals surface area contributed by atoms with Crippen molar-refractivity contribution in [1.82, 2.24) is 0 Å². The minimum Gasteiger partial charge on any atom is -0.489 e. The summed E-state index contributed by atoms with van der Waals surface area (Å²) in [6.45, 7) is 5.71. The highest BCUT2D eigenvalue weighted by molar-refractivity contribution is 5.67. The van der Waals surface area contributed by atoms with Gasteiger partial charge in [0, 0.05) is 11.8 Å². The fourth-order valence-electron chi connectivity index (χ4n) is 1.85. The van der Waals surface area contributed by atoms with Gasteiger partial charge in [-0.15, -0.1) is 0 Å². The molecule has 3 nitrogen and oxygen atoms in total. The zero-order valence-corrected chi connectivity index (χ0v) is 11.9. The molecule has 0 amide bonds. The second-order valence-corrected chi connectivity index (χ2v) is 5.03. The Morgan fingerprint density at radius 2 is 1.90 bits per heavy atom. The molecule has 0 radical (unpaired) electrons. The first kappa shape index (κ1) is 14.2. The smallest absolute Gasteiger partial charge is 0.146 e. The lowest BCUT2D eigenvalue weighted by atomic mass is 10.2. The Kier molecular flexibility index (Phi) is 4.13. The van der Waals surface area contributed by atoms with Crippen LogP contribution < -0.4 is 15.8 Å². The lowest BCUT2D eigenvalue weighted by Crippen LogP contribution is -2.07. The highest BCUT2D eigenvalue weighted by Gasteiger charge is 2.07. The molecule has 0 bridgehead atoms. The molecular weight excluding hydrogens is 255 g/mol. The van der Waals surface area contributed by atoms with E-state index in [0.29, 0.717) is 17.1 Å². The van der Waals surface area contributed by atoms with E-state index in [1.165, 1.54) is 6.07 Å². The zero-order valence-electron chi connectivity index (χ0n) is 11.9. The predicted molar refractivity (Wildman–Crippen MR) is 81.0 cm³/mol. The number of nitrogens with two attached hydrogens (primary N) is 1. The molecule has 0 fully saturated rings. The Hall–Kier alpha value is -2.23. The van der Waals surface area contributed by atoms with Crippen LogP contribution in [0.15, 0.2) is 36.4 Å². The first-order valence-corrected chi connectivity index (χ1v) is 6.55. The molecule has 106 valence electrons. The van der Waals surface area contributed by atoms with Gasteiger partial charge in [-0.1, -0.05) is 6.07 Å². The fourth-order valence-corrected chi connectivity index (χ4v) is 1.85. The largest absolute Gasteiger partial charge is 0.489 e. The van der Waals surface area contributed by atoms with Crippen molar-refractivity contribution in [3.05, 3.63) is 47.8 Å². The number of nitrogen functional groups attached to an aromatic ring is 1. The normalized spacial score (nSPS) is 10.7. The summed E-state index contributed by atoms with van der Waals surface area (Å²) in [5.41, 5.74) is 8.46. The van der Waals surface area contributed by atoms with Gasteiger partial charge in [-0.2, -0.15) is 0 Å². The summed E-state index contributed by atoms with van der Waals surface area (Å²) in [6.07, 6.45) is 0.0312. The number of benzene rings is 2. The molecule has 0 aliphatic heterocycles. The molecular formula is C16H19FN2O. The number of hydrogen-bond donors (Lipinski definition) is 2. The third-order valence-electron chi connectivity index (χ3n) is 2.78. The van der Waals surface area contributed by atoms with E-state index in [0.717, 1.165) is 11.3 Å². The average Bonchev–Trinajstić information content (AvgIpc) is 2.36. The summed E-state index contributed by atoms with van der Waals surface area (Å²) < 4.78 is 19.4. The quantitative estimate of drug-likeness (QED) is 0.819. The fraction of sp³-hybridized carbons (Fsp3) is 0.250. The molecule has 0 aromatic heterocycles. The maximum Gasteiger partial charge on any atom is 0.146 e. The maximum absolute atomic E-state index is 13.8. The van der Waals surface area contributed by atoms with Crippen LogP contribution in [-0.4, -0.2) is 6.10 Å². The summed E-state index contributed by atoms with van der Waals surface area (Å²) in [7, 11) is 0. The molecule has 20 heavy (non-hydrogen) atoms. The maximum atomic E-state index is 13.8. The Morgan fingerprint density at radius 1 is 1.15 bits per heavy atom. The molecule has 0 spiro atoms. The molecule has 2 rings (SSSR count). The number of aryl methyl sites for hydroxylation is 1. The van der Waals surface area contributed by atoms with Gasteiger partial charge in [-0.05, 0) is 50.6 Å². The van der Waals surface area contributed by atoms with Crippen molar-refractivity contribution in [2.75, 3.05) is 11.1 Å². The Balaban J connectivity index is 2.25. The molecule has 0 atom stereocenters. The van der Waals surface area contributed by atoms with Gasteiger partial charge in [0.25, 0.3) is 0 Å². The van der Waals surface area contributed by atoms with Crippen LogP contribution in [0.25, 0.3) is 0 Å². The van der Waals surface area contributed by atoms with Gasteiger partial charge in [0.05, 0.1) is 17.5 Å². The van der Waals surface area contributed by atoms with Crippen molar-refractivity contribution < 1.29 is 9.13 Å². The van der Waals surface area contributed by atoms with E-state index in [1.54, 1.807) is 24.3 Å². The minimum atomic E-state index is -0.284. The molecule has 0 aliphatic rings. The van der Waals surface area contributed by atoms with E-state index in [9.17, 15) is 4.39 Å². The third kappa shape index (κ3) is 3.41. The summed E-state index contributed by atoms with van der Waals surface area (Å²) >= 11 is 0. The lowest BCUT2D eigenvalue weighted by molar-refractivity contribution is 0.244. The van der Waals surface area contributed by atoms with Crippen LogP contribution in [0.2, 0.25) is 0 Å². The summed E-state index contributed by atoms with van der Waals surface area (Å²) in [5.74, 6) is 0.311. The number of halogens is 1. The Labute approximate surface area is 118 Å². The standard InChI is InChI=1S/C16H19FN2O/c1-10(2)20-16-9-12(5-6-14(16)18)19-15-7-4-11(3)8-13(15)17/h4-10,19H,18H2,1-3H3. The third-order valence-corrected chi connectivity index (χ3v) is 2.78. The second kappa shape index (κ2) is 5.82. The molecule has 4 heteroatoms. The van der Waals surface area contributed by atoms with Crippen LogP contribution >= 0.6 is 0 Å². The van der Waals surface area contributed by atoms with Gasteiger partial charge in [0.15, 0.2) is 0 Å². The van der Waals surface area contributed by atoms with E-state index in [2.05, 4.69) is 5.32 Å². The van der Waals surface area contributed by atoms with Crippen LogP contribution in [0.5, 0.6) is 5.75 Å². The number of rotatable bonds is 4. The molecule has 0 saturated carbocycles. The van der Waals surface area contributed by atoms with Crippen molar-refractivity contribution in [2.24, 2.45) is 0 Å². The van der Waals surface area contributed by atoms with E-state index >= 15 is 0 Å². The molecule has 0 aliphatic carbocycles. The van der Waals surface area contributed by atoms with Gasteiger partial charge >= 0.3 is 0 Å². The topological polar surface area (TPSA) is 47.3 Å². The van der Waals surface area contributed by atoms with Gasteiger partial charge in [-0.25, -0.2) is 4.39 Å². The molecule has 2 aromatic carbocycles. The lowest BCUT2D eigenvalue weighted by Gasteiger charge is -2.14. The Morgan fingerprint density at radius 3 is 2.55 bits per heavy atom. The number of nitrogens with one attached hydrogen (secondary N) is 1. The van der Waals surface area contributed by atoms with Gasteiger partial charge in [-0.3, -0.25) is 0 Å². The first-order valence-electron chi connectivity index (χ1n) is 6.55. The molecule has 2 aromatic rings. The number of ether oxygens (including phenoxy) is 1. The number of hydrogen-bond acceptors (Lipinski definition) is 3. The van der Waals surface area contributed by atoms with Crippen LogP contribution in [-0.2, 0) is 0 Å². The van der Waals surface area contributed by atoms with Crippen LogP contribution in [0.1, 0.15) is 19.4 Å². The van der Waals surface area contributed by atoms with Gasteiger partial charge in [0.1, 0.15) is 11.6 Å². The highest BCUT2D eigenvalue weighted by Crippen LogP contribution is 2.29. The second-order valence-electron chi connectivity index (χ2n) is 5.03.